The van der Waals surface area contributed by atoms with Gasteiger partial charge in [0.05, 0.1) is 22.1 Å². The van der Waals surface area contributed by atoms with Crippen molar-refractivity contribution in [1.29, 1.82) is 0 Å². The van der Waals surface area contributed by atoms with Crippen LogP contribution in [0, 0.1) is 0 Å². The van der Waals surface area contributed by atoms with Crippen LogP contribution in [-0.2, 0) is 12.8 Å². The third-order valence-electron chi connectivity index (χ3n) is 10.9. The van der Waals surface area contributed by atoms with E-state index in [4.69, 9.17) is 9.47 Å². The van der Waals surface area contributed by atoms with Crippen molar-refractivity contribution >= 4 is 45.4 Å². The first kappa shape index (κ1) is 47.2. The number of para-hydroxylation sites is 4. The summed E-state index contributed by atoms with van der Waals surface area (Å²) in [5, 5.41) is 5.81. The van der Waals surface area contributed by atoms with Crippen LogP contribution in [0.4, 0.5) is 0 Å². The van der Waals surface area contributed by atoms with Crippen molar-refractivity contribution in [2.75, 3.05) is 0 Å². The second-order valence-corrected chi connectivity index (χ2v) is 16.3. The molecule has 2 atom stereocenters. The van der Waals surface area contributed by atoms with Crippen LogP contribution in [0.2, 0.25) is 0 Å². The zero-order valence-electron chi connectivity index (χ0n) is 38.8. The van der Waals surface area contributed by atoms with Crippen molar-refractivity contribution in [3.8, 4) is 23.3 Å². The SMILES string of the molecule is C[C@@H](Cc1ccccn1)NC(=O)c1nccnc1Oc1ccc(C(=O)c2nc3ccccc3[nH]2)cc1.C[C@H](Cc1ccccn1)NC(=O)c1nccnc1Oc1ccc(C(=O)c2nc3ccccc3[nH]2)cc1. The number of aromatic nitrogens is 10. The van der Waals surface area contributed by atoms with Crippen LogP contribution >= 0.6 is 0 Å². The minimum Gasteiger partial charge on any atom is -0.437 e. The Morgan fingerprint density at radius 1 is 0.458 bits per heavy atom. The third-order valence-corrected chi connectivity index (χ3v) is 10.9. The molecule has 18 nitrogen and oxygen atoms in total. The fourth-order valence-corrected chi connectivity index (χ4v) is 7.43. The molecule has 10 rings (SSSR count). The standard InChI is InChI=1S/2C27H22N6O3/c2*1-17(16-19-6-4-5-13-28-19)31-26(35)23-27(30-15-14-29-23)36-20-11-9-18(10-12-20)24(34)25-32-21-7-2-3-8-22(21)33-25/h2*2-15,17H,16H2,1H3,(H,31,35)(H,32,33)/t2*17-/m10/s1. The fourth-order valence-electron chi connectivity index (χ4n) is 7.43. The Balaban J connectivity index is 0.000000178. The van der Waals surface area contributed by atoms with E-state index >= 15 is 0 Å². The molecule has 0 saturated carbocycles. The summed E-state index contributed by atoms with van der Waals surface area (Å²) in [6.45, 7) is 3.78. The van der Waals surface area contributed by atoms with E-state index in [1.807, 2.05) is 98.8 Å². The molecule has 72 heavy (non-hydrogen) atoms. The number of hydrogen-bond acceptors (Lipinski definition) is 14. The first-order valence-electron chi connectivity index (χ1n) is 22.7. The number of aromatic amines is 2. The predicted octanol–water partition coefficient (Wildman–Crippen LogP) is 8.26. The van der Waals surface area contributed by atoms with Crippen molar-refractivity contribution in [3.63, 3.8) is 0 Å². The van der Waals surface area contributed by atoms with Gasteiger partial charge in [-0.2, -0.15) is 0 Å². The van der Waals surface area contributed by atoms with Gasteiger partial charge in [-0.05, 0) is 111 Å². The quantitative estimate of drug-likeness (QED) is 0.0666. The number of fused-ring (bicyclic) bond motifs is 2. The molecule has 356 valence electrons. The molecule has 0 fully saturated rings. The smallest absolute Gasteiger partial charge is 0.275 e. The van der Waals surface area contributed by atoms with Crippen LogP contribution in [0.3, 0.4) is 0 Å². The number of carbonyl (C=O) groups excluding carboxylic acids is 4. The van der Waals surface area contributed by atoms with Crippen LogP contribution in [0.1, 0.15) is 78.6 Å². The summed E-state index contributed by atoms with van der Waals surface area (Å²) in [5.41, 5.74) is 5.81. The Bertz CT molecular complexity index is 3200. The molecule has 4 aromatic carbocycles. The molecule has 0 aliphatic rings. The third kappa shape index (κ3) is 11.7. The number of H-pyrrole nitrogens is 2. The number of benzene rings is 4. The lowest BCUT2D eigenvalue weighted by Gasteiger charge is -2.14. The molecule has 0 saturated heterocycles. The summed E-state index contributed by atoms with van der Waals surface area (Å²) in [7, 11) is 0. The normalized spacial score (nSPS) is 11.7. The summed E-state index contributed by atoms with van der Waals surface area (Å²) in [4.78, 5) is 91.5. The lowest BCUT2D eigenvalue weighted by atomic mass is 10.1. The summed E-state index contributed by atoms with van der Waals surface area (Å²) in [5.74, 6) is 0.192. The van der Waals surface area contributed by atoms with Crippen molar-refractivity contribution in [2.45, 2.75) is 38.8 Å². The summed E-state index contributed by atoms with van der Waals surface area (Å²) >= 11 is 0. The molecule has 2 amide bonds. The van der Waals surface area contributed by atoms with Crippen molar-refractivity contribution in [1.82, 2.24) is 60.5 Å². The number of nitrogens with one attached hydrogen (secondary N) is 4. The number of hydrogen-bond donors (Lipinski definition) is 4. The van der Waals surface area contributed by atoms with E-state index < -0.39 is 11.8 Å². The van der Waals surface area contributed by atoms with Crippen LogP contribution in [0.25, 0.3) is 22.1 Å². The number of ether oxygens (including phenoxy) is 2. The molecule has 0 aliphatic heterocycles. The predicted molar refractivity (Wildman–Crippen MR) is 266 cm³/mol. The van der Waals surface area contributed by atoms with Crippen molar-refractivity contribution in [2.24, 2.45) is 0 Å². The Morgan fingerprint density at radius 2 is 0.847 bits per heavy atom. The molecule has 4 N–H and O–H groups in total. The average molecular weight is 957 g/mol. The molecule has 18 heteroatoms. The van der Waals surface area contributed by atoms with Gasteiger partial charge in [-0.15, -0.1) is 0 Å². The zero-order chi connectivity index (χ0) is 49.8. The highest BCUT2D eigenvalue weighted by Crippen LogP contribution is 2.25. The van der Waals surface area contributed by atoms with Crippen LogP contribution in [0.15, 0.2) is 171 Å². The van der Waals surface area contributed by atoms with E-state index in [9.17, 15) is 19.2 Å². The van der Waals surface area contributed by atoms with Gasteiger partial charge in [0, 0.05) is 84.6 Å². The number of amides is 2. The maximum atomic E-state index is 12.9. The van der Waals surface area contributed by atoms with Gasteiger partial charge in [-0.1, -0.05) is 36.4 Å². The van der Waals surface area contributed by atoms with Gasteiger partial charge in [0.15, 0.2) is 23.0 Å². The topological polar surface area (TPSA) is 246 Å². The number of carbonyl (C=O) groups is 4. The molecule has 6 heterocycles. The second-order valence-electron chi connectivity index (χ2n) is 16.3. The van der Waals surface area contributed by atoms with E-state index in [-0.39, 0.29) is 58.4 Å². The second kappa shape index (κ2) is 22.1. The number of ketones is 2. The minimum absolute atomic E-state index is 0.0628. The van der Waals surface area contributed by atoms with Gasteiger partial charge in [0.1, 0.15) is 11.5 Å². The number of rotatable bonds is 16. The summed E-state index contributed by atoms with van der Waals surface area (Å²) in [6.07, 6.45) is 10.3. The Hall–Kier alpha value is -9.84. The van der Waals surface area contributed by atoms with Crippen LogP contribution < -0.4 is 20.1 Å². The molecule has 0 radical (unpaired) electrons. The van der Waals surface area contributed by atoms with Gasteiger partial charge in [-0.3, -0.25) is 29.1 Å². The average Bonchev–Trinajstić information content (AvgIpc) is 4.05. The lowest BCUT2D eigenvalue weighted by Crippen LogP contribution is -2.35. The molecule has 6 aromatic heterocycles. The van der Waals surface area contributed by atoms with Crippen LogP contribution in [0.5, 0.6) is 23.3 Å². The Kier molecular flexibility index (Phi) is 14.5. The summed E-state index contributed by atoms with van der Waals surface area (Å²) < 4.78 is 11.7. The first-order valence-corrected chi connectivity index (χ1v) is 22.7. The van der Waals surface area contributed by atoms with Crippen LogP contribution in [-0.4, -0.2) is 85.3 Å². The molecule has 10 aromatic rings. The Morgan fingerprint density at radius 3 is 1.24 bits per heavy atom. The molecular weight excluding hydrogens is 913 g/mol. The molecule has 0 unspecified atom stereocenters. The molecule has 0 bridgehead atoms. The lowest BCUT2D eigenvalue weighted by molar-refractivity contribution is 0.0922. The molecular formula is C54H44N12O6. The highest BCUT2D eigenvalue weighted by molar-refractivity contribution is 6.08. The number of pyridine rings is 2. The highest BCUT2D eigenvalue weighted by Gasteiger charge is 2.22. The first-order chi connectivity index (χ1) is 35.1. The van der Waals surface area contributed by atoms with Gasteiger partial charge in [0.2, 0.25) is 11.6 Å². The molecule has 0 aliphatic carbocycles. The van der Waals surface area contributed by atoms with Crippen molar-refractivity contribution in [3.05, 3.63) is 216 Å². The van der Waals surface area contributed by atoms with Gasteiger partial charge >= 0.3 is 0 Å². The molecule has 0 spiro atoms. The van der Waals surface area contributed by atoms with E-state index in [0.29, 0.717) is 35.5 Å². The van der Waals surface area contributed by atoms with E-state index in [2.05, 4.69) is 60.5 Å². The van der Waals surface area contributed by atoms with E-state index in [1.165, 1.54) is 24.8 Å². The fraction of sp³-hybridized carbons (Fsp3) is 0.111. The monoisotopic (exact) mass is 956 g/mol. The zero-order valence-corrected chi connectivity index (χ0v) is 38.8. The minimum atomic E-state index is -0.404. The number of nitrogens with zero attached hydrogens (tertiary/aromatic N) is 8. The largest absolute Gasteiger partial charge is 0.437 e. The highest BCUT2D eigenvalue weighted by atomic mass is 16.5. The van der Waals surface area contributed by atoms with Gasteiger partial charge in [0.25, 0.3) is 23.6 Å². The maximum absolute atomic E-state index is 12.9. The van der Waals surface area contributed by atoms with Gasteiger partial charge < -0.3 is 30.1 Å². The van der Waals surface area contributed by atoms with Crippen molar-refractivity contribution < 1.29 is 28.7 Å². The van der Waals surface area contributed by atoms with E-state index in [0.717, 1.165) is 33.5 Å². The Labute approximate surface area is 411 Å². The van der Waals surface area contributed by atoms with Gasteiger partial charge in [-0.25, -0.2) is 29.9 Å². The maximum Gasteiger partial charge on any atom is 0.275 e. The van der Waals surface area contributed by atoms with E-state index in [1.54, 1.807) is 60.9 Å². The number of imidazole rings is 2. The summed E-state index contributed by atoms with van der Waals surface area (Å²) in [6, 6.07) is 38.9.